The van der Waals surface area contributed by atoms with E-state index in [1.807, 2.05) is 0 Å². The molecule has 0 saturated heterocycles. The molecule has 0 fully saturated rings. The lowest BCUT2D eigenvalue weighted by molar-refractivity contribution is -0.149. The first-order valence-corrected chi connectivity index (χ1v) is 7.08. The number of aryl methyl sites for hydroxylation is 2. The molecule has 1 N–H and O–H groups in total. The number of halogens is 3. The summed E-state index contributed by atoms with van der Waals surface area (Å²) in [5, 5.41) is 1.98. The fraction of sp³-hybridized carbons (Fsp3) is 0.500. The van der Waals surface area contributed by atoms with Crippen LogP contribution >= 0.6 is 11.8 Å². The molecular weight excluding hydrogens is 323 g/mol. The van der Waals surface area contributed by atoms with Gasteiger partial charge in [0.15, 0.2) is 11.8 Å². The van der Waals surface area contributed by atoms with Gasteiger partial charge in [0.2, 0.25) is 0 Å². The predicted octanol–water partition coefficient (Wildman–Crippen LogP) is 1.41. The van der Waals surface area contributed by atoms with Crippen molar-refractivity contribution >= 4 is 23.6 Å². The summed E-state index contributed by atoms with van der Waals surface area (Å²) in [6.07, 6.45) is -4.50. The van der Waals surface area contributed by atoms with Crippen LogP contribution in [0.25, 0.3) is 0 Å². The number of nitrogens with zero attached hydrogens (tertiary/aromatic N) is 2. The lowest BCUT2D eigenvalue weighted by Gasteiger charge is -2.08. The highest BCUT2D eigenvalue weighted by Crippen LogP contribution is 2.14. The molecule has 122 valence electrons. The van der Waals surface area contributed by atoms with E-state index in [1.165, 1.54) is 0 Å². The van der Waals surface area contributed by atoms with E-state index in [9.17, 15) is 22.8 Å². The molecule has 1 aromatic rings. The fourth-order valence-electron chi connectivity index (χ4n) is 1.32. The van der Waals surface area contributed by atoms with Gasteiger partial charge in [0.25, 0.3) is 5.91 Å². The predicted molar refractivity (Wildman–Crippen MR) is 72.3 cm³/mol. The quantitative estimate of drug-likeness (QED) is 0.480. The fourth-order valence-corrected chi connectivity index (χ4v) is 2.07. The zero-order valence-corrected chi connectivity index (χ0v) is 12.7. The molecule has 6 nitrogen and oxygen atoms in total. The van der Waals surface area contributed by atoms with Crippen molar-refractivity contribution in [1.82, 2.24) is 15.3 Å². The van der Waals surface area contributed by atoms with Crippen LogP contribution in [0.2, 0.25) is 0 Å². The number of hydrogen-bond acceptors (Lipinski definition) is 6. The number of rotatable bonds is 6. The van der Waals surface area contributed by atoms with Crippen molar-refractivity contribution in [3.63, 3.8) is 0 Å². The van der Waals surface area contributed by atoms with E-state index in [-0.39, 0.29) is 5.75 Å². The molecule has 0 aromatic carbocycles. The van der Waals surface area contributed by atoms with Crippen molar-refractivity contribution in [3.8, 4) is 0 Å². The van der Waals surface area contributed by atoms with Crippen molar-refractivity contribution in [3.05, 3.63) is 17.5 Å². The summed E-state index contributed by atoms with van der Waals surface area (Å²) in [7, 11) is 0. The van der Waals surface area contributed by atoms with Crippen molar-refractivity contribution in [2.75, 3.05) is 18.9 Å². The lowest BCUT2D eigenvalue weighted by Crippen LogP contribution is -2.36. The highest BCUT2D eigenvalue weighted by Gasteiger charge is 2.27. The SMILES string of the molecule is Cc1cc(C)nc(SCC(=O)OCC(=O)NCC(F)(F)F)n1. The standard InChI is InChI=1S/C12H14F3N3O3S/c1-7-3-8(2)18-11(17-7)22-5-10(20)21-4-9(19)16-6-12(13,14)15/h3H,4-6H2,1-2H3,(H,16,19). The first-order valence-electron chi connectivity index (χ1n) is 6.10. The maximum atomic E-state index is 11.8. The van der Waals surface area contributed by atoms with Crippen LogP contribution in [0.3, 0.4) is 0 Å². The third-order valence-corrected chi connectivity index (χ3v) is 2.95. The number of esters is 1. The van der Waals surface area contributed by atoms with Crippen molar-refractivity contribution < 1.29 is 27.5 Å². The van der Waals surface area contributed by atoms with Gasteiger partial charge in [-0.25, -0.2) is 9.97 Å². The van der Waals surface area contributed by atoms with Crippen LogP contribution < -0.4 is 5.32 Å². The van der Waals surface area contributed by atoms with Gasteiger partial charge in [-0.15, -0.1) is 0 Å². The Morgan fingerprint density at radius 3 is 2.41 bits per heavy atom. The van der Waals surface area contributed by atoms with Crippen LogP contribution in [0.4, 0.5) is 13.2 Å². The van der Waals surface area contributed by atoms with E-state index >= 15 is 0 Å². The van der Waals surface area contributed by atoms with Crippen LogP contribution in [0.1, 0.15) is 11.4 Å². The first kappa shape index (κ1) is 18.2. The van der Waals surface area contributed by atoms with Gasteiger partial charge in [0.05, 0.1) is 5.75 Å². The average molecular weight is 337 g/mol. The maximum absolute atomic E-state index is 11.8. The second-order valence-corrected chi connectivity index (χ2v) is 5.22. The molecule has 1 rings (SSSR count). The summed E-state index contributed by atoms with van der Waals surface area (Å²) >= 11 is 1.02. The van der Waals surface area contributed by atoms with E-state index in [4.69, 9.17) is 0 Å². The second-order valence-electron chi connectivity index (χ2n) is 4.27. The number of alkyl halides is 3. The molecule has 1 amide bonds. The minimum atomic E-state index is -4.50. The van der Waals surface area contributed by atoms with Gasteiger partial charge in [0, 0.05) is 11.4 Å². The highest BCUT2D eigenvalue weighted by atomic mass is 32.2. The van der Waals surface area contributed by atoms with E-state index in [1.54, 1.807) is 25.2 Å². The Balaban J connectivity index is 2.30. The number of aromatic nitrogens is 2. The zero-order valence-electron chi connectivity index (χ0n) is 11.9. The summed E-state index contributed by atoms with van der Waals surface area (Å²) < 4.78 is 40.1. The molecule has 0 saturated carbocycles. The average Bonchev–Trinajstić information content (AvgIpc) is 2.38. The Kier molecular flexibility index (Phi) is 6.60. The summed E-state index contributed by atoms with van der Waals surface area (Å²) in [6, 6.07) is 1.77. The molecule has 0 radical (unpaired) electrons. The smallest absolute Gasteiger partial charge is 0.405 e. The molecular formula is C12H14F3N3O3S. The van der Waals surface area contributed by atoms with E-state index in [0.29, 0.717) is 5.16 Å². The number of carbonyl (C=O) groups excluding carboxylic acids is 2. The molecule has 10 heteroatoms. The van der Waals surface area contributed by atoms with Gasteiger partial charge in [-0.1, -0.05) is 11.8 Å². The van der Waals surface area contributed by atoms with Crippen LogP contribution in [0.15, 0.2) is 11.2 Å². The molecule has 0 bridgehead atoms. The number of amides is 1. The minimum Gasteiger partial charge on any atom is -0.455 e. The normalized spacial score (nSPS) is 11.1. The Bertz CT molecular complexity index is 532. The Hall–Kier alpha value is -1.84. The summed E-state index contributed by atoms with van der Waals surface area (Å²) in [6.45, 7) is 1.34. The van der Waals surface area contributed by atoms with Crippen LogP contribution in [0.5, 0.6) is 0 Å². The van der Waals surface area contributed by atoms with E-state index < -0.39 is 31.2 Å². The third-order valence-electron chi connectivity index (χ3n) is 2.13. The molecule has 0 aliphatic carbocycles. The molecule has 0 aliphatic heterocycles. The van der Waals surface area contributed by atoms with E-state index in [2.05, 4.69) is 14.7 Å². The third kappa shape index (κ3) is 7.81. The molecule has 0 atom stereocenters. The largest absolute Gasteiger partial charge is 0.455 e. The summed E-state index contributed by atoms with van der Waals surface area (Å²) in [5.41, 5.74) is 1.49. The molecule has 0 aliphatic rings. The monoisotopic (exact) mass is 337 g/mol. The van der Waals surface area contributed by atoms with Crippen molar-refractivity contribution in [1.29, 1.82) is 0 Å². The maximum Gasteiger partial charge on any atom is 0.405 e. The number of ether oxygens (including phenoxy) is 1. The van der Waals surface area contributed by atoms with Crippen molar-refractivity contribution in [2.24, 2.45) is 0 Å². The summed E-state index contributed by atoms with van der Waals surface area (Å²) in [4.78, 5) is 30.6. The van der Waals surface area contributed by atoms with Gasteiger partial charge < -0.3 is 10.1 Å². The highest BCUT2D eigenvalue weighted by molar-refractivity contribution is 7.99. The van der Waals surface area contributed by atoms with Crippen LogP contribution in [-0.2, 0) is 14.3 Å². The minimum absolute atomic E-state index is 0.143. The molecule has 0 unspecified atom stereocenters. The number of carbonyl (C=O) groups is 2. The first-order chi connectivity index (χ1) is 10.2. The Labute approximate surface area is 128 Å². The summed E-state index contributed by atoms with van der Waals surface area (Å²) in [5.74, 6) is -1.90. The Morgan fingerprint density at radius 2 is 1.86 bits per heavy atom. The van der Waals surface area contributed by atoms with Crippen molar-refractivity contribution in [2.45, 2.75) is 25.2 Å². The second kappa shape index (κ2) is 7.97. The molecule has 1 aromatic heterocycles. The Morgan fingerprint density at radius 1 is 1.27 bits per heavy atom. The molecule has 0 spiro atoms. The van der Waals surface area contributed by atoms with Crippen LogP contribution in [0, 0.1) is 13.8 Å². The van der Waals surface area contributed by atoms with Gasteiger partial charge >= 0.3 is 12.1 Å². The van der Waals surface area contributed by atoms with Gasteiger partial charge in [0.1, 0.15) is 6.54 Å². The zero-order chi connectivity index (χ0) is 16.8. The molecule has 1 heterocycles. The lowest BCUT2D eigenvalue weighted by atomic mass is 10.4. The van der Waals surface area contributed by atoms with Gasteiger partial charge in [-0.3, -0.25) is 9.59 Å². The number of hydrogen-bond donors (Lipinski definition) is 1. The number of nitrogens with one attached hydrogen (secondary N) is 1. The van der Waals surface area contributed by atoms with E-state index in [0.717, 1.165) is 23.1 Å². The topological polar surface area (TPSA) is 81.2 Å². The van der Waals surface area contributed by atoms with Gasteiger partial charge in [-0.05, 0) is 19.9 Å². The van der Waals surface area contributed by atoms with Gasteiger partial charge in [-0.2, -0.15) is 13.2 Å². The number of thioether (sulfide) groups is 1. The molecule has 22 heavy (non-hydrogen) atoms. The van der Waals surface area contributed by atoms with Crippen LogP contribution in [-0.4, -0.2) is 46.9 Å².